The second-order valence-electron chi connectivity index (χ2n) is 4.59. The van der Waals surface area contributed by atoms with Crippen molar-refractivity contribution in [3.05, 3.63) is 64.1 Å². The van der Waals surface area contributed by atoms with Crippen molar-refractivity contribution in [1.29, 1.82) is 0 Å². The van der Waals surface area contributed by atoms with E-state index in [1.165, 1.54) is 57.1 Å². The Morgan fingerprint density at radius 3 is 2.12 bits per heavy atom. The van der Waals surface area contributed by atoms with E-state index in [4.69, 9.17) is 18.0 Å². The van der Waals surface area contributed by atoms with Crippen LogP contribution in [-0.2, 0) is 0 Å². The first-order valence-corrected chi connectivity index (χ1v) is 9.21. The number of nitrogens with two attached hydrogens (primary N) is 1. The lowest BCUT2D eigenvalue weighted by Gasteiger charge is -2.20. The summed E-state index contributed by atoms with van der Waals surface area (Å²) in [4.78, 5) is 10.1. The molecule has 122 valence electrons. The number of aromatic nitrogens is 1. The fourth-order valence-electron chi connectivity index (χ4n) is 1.90. The first kappa shape index (κ1) is 16.6. The second kappa shape index (κ2) is 7.12. The molecular weight excluding hydrogens is 370 g/mol. The zero-order valence-corrected chi connectivity index (χ0v) is 14.5. The Morgan fingerprint density at radius 1 is 1.00 bits per heavy atom. The molecule has 0 bridgehead atoms. The van der Waals surface area contributed by atoms with Crippen LogP contribution in [-0.4, -0.2) is 10.9 Å². The molecule has 0 aliphatic rings. The van der Waals surface area contributed by atoms with Gasteiger partial charge in [-0.25, -0.2) is 13.8 Å². The van der Waals surface area contributed by atoms with Crippen LogP contribution in [0.5, 0.6) is 0 Å². The summed E-state index contributed by atoms with van der Waals surface area (Å²) in [6.07, 6.45) is 0. The number of nitrogens with zero attached hydrogens (tertiary/aromatic N) is 3. The van der Waals surface area contributed by atoms with Gasteiger partial charge in [-0.2, -0.15) is 4.98 Å². The minimum Gasteiger partial charge on any atom is -0.369 e. The highest BCUT2D eigenvalue weighted by Crippen LogP contribution is 2.31. The lowest BCUT2D eigenvalue weighted by molar-refractivity contribution is 0.627. The van der Waals surface area contributed by atoms with Gasteiger partial charge in [-0.15, -0.1) is 0 Å². The number of benzene rings is 2. The molecule has 9 heteroatoms. The molecule has 0 aliphatic heterocycles. The molecular formula is C15H10F2N4S3. The van der Waals surface area contributed by atoms with Crippen molar-refractivity contribution in [2.45, 2.75) is 0 Å². The zero-order valence-electron chi connectivity index (χ0n) is 12.0. The van der Waals surface area contributed by atoms with Crippen molar-refractivity contribution in [2.75, 3.05) is 4.90 Å². The van der Waals surface area contributed by atoms with Crippen LogP contribution in [0.4, 0.5) is 25.3 Å². The fourth-order valence-corrected chi connectivity index (χ4v) is 3.97. The molecule has 0 atom stereocenters. The van der Waals surface area contributed by atoms with E-state index in [2.05, 4.69) is 9.98 Å². The van der Waals surface area contributed by atoms with E-state index < -0.39 is 0 Å². The van der Waals surface area contributed by atoms with Crippen molar-refractivity contribution < 1.29 is 8.78 Å². The van der Waals surface area contributed by atoms with Crippen LogP contribution < -0.4 is 10.6 Å². The lowest BCUT2D eigenvalue weighted by atomic mass is 10.3. The van der Waals surface area contributed by atoms with Crippen molar-refractivity contribution in [3.8, 4) is 0 Å². The number of anilines is 2. The first-order chi connectivity index (χ1) is 11.5. The van der Waals surface area contributed by atoms with Crippen LogP contribution in [0.3, 0.4) is 0 Å². The number of hydrogen-bond acceptors (Lipinski definition) is 5. The van der Waals surface area contributed by atoms with E-state index in [-0.39, 0.29) is 17.6 Å². The maximum Gasteiger partial charge on any atom is 0.209 e. The molecule has 0 amide bonds. The monoisotopic (exact) mass is 380 g/mol. The number of guanidine groups is 1. The molecule has 0 spiro atoms. The molecule has 1 heterocycles. The molecule has 3 rings (SSSR count). The number of hydrogen-bond donors (Lipinski definition) is 1. The van der Waals surface area contributed by atoms with E-state index in [0.717, 1.165) is 0 Å². The normalized spacial score (nSPS) is 11.5. The molecule has 2 aromatic carbocycles. The minimum atomic E-state index is -0.362. The van der Waals surface area contributed by atoms with Gasteiger partial charge in [0.1, 0.15) is 11.6 Å². The van der Waals surface area contributed by atoms with Crippen LogP contribution in [0.25, 0.3) is 0 Å². The molecule has 3 aromatic rings. The summed E-state index contributed by atoms with van der Waals surface area (Å²) in [5, 5.41) is 0.528. The Balaban J connectivity index is 2.05. The molecule has 0 unspecified atom stereocenters. The Kier molecular flexibility index (Phi) is 4.93. The van der Waals surface area contributed by atoms with Gasteiger partial charge in [0.15, 0.2) is 3.95 Å². The minimum absolute atomic E-state index is 0.116. The van der Waals surface area contributed by atoms with Crippen molar-refractivity contribution in [1.82, 2.24) is 4.98 Å². The summed E-state index contributed by atoms with van der Waals surface area (Å²) in [5.41, 5.74) is 7.20. The highest BCUT2D eigenvalue weighted by atomic mass is 32.9. The van der Waals surface area contributed by atoms with Crippen molar-refractivity contribution in [2.24, 2.45) is 10.7 Å². The largest absolute Gasteiger partial charge is 0.369 e. The van der Waals surface area contributed by atoms with Crippen LogP contribution in [0.1, 0.15) is 0 Å². The van der Waals surface area contributed by atoms with Gasteiger partial charge in [0.05, 0.1) is 11.4 Å². The molecule has 0 fully saturated rings. The van der Waals surface area contributed by atoms with Gasteiger partial charge in [-0.3, -0.25) is 4.90 Å². The summed E-state index contributed by atoms with van der Waals surface area (Å²) in [7, 11) is 2.66. The highest BCUT2D eigenvalue weighted by molar-refractivity contribution is 7.80. The van der Waals surface area contributed by atoms with E-state index >= 15 is 0 Å². The molecule has 0 saturated heterocycles. The summed E-state index contributed by atoms with van der Waals surface area (Å²) >= 11 is 5.06. The van der Waals surface area contributed by atoms with E-state index in [1.807, 2.05) is 0 Å². The standard InChI is InChI=1S/C15H10F2N4S3/c16-9-1-5-11(6-2-9)19-13(18)21(14-20-15(22)24-23-14)12-7-3-10(17)4-8-12/h1-8H,(H2,18,19). The smallest absolute Gasteiger partial charge is 0.209 e. The van der Waals surface area contributed by atoms with E-state index in [1.54, 1.807) is 17.0 Å². The average molecular weight is 380 g/mol. The zero-order chi connectivity index (χ0) is 17.1. The molecule has 2 N–H and O–H groups in total. The van der Waals surface area contributed by atoms with Gasteiger partial charge in [0, 0.05) is 0 Å². The third-order valence-corrected chi connectivity index (χ3v) is 5.52. The van der Waals surface area contributed by atoms with Gasteiger partial charge in [-0.1, -0.05) is 0 Å². The van der Waals surface area contributed by atoms with Crippen LogP contribution in [0.15, 0.2) is 53.5 Å². The third kappa shape index (κ3) is 3.81. The SMILES string of the molecule is NC(=Nc1ccc(F)cc1)N(c1ccc(F)cc1)c1nc(=S)ss1. The predicted molar refractivity (Wildman–Crippen MR) is 97.0 cm³/mol. The maximum absolute atomic E-state index is 13.2. The molecule has 4 nitrogen and oxygen atoms in total. The number of rotatable bonds is 3. The van der Waals surface area contributed by atoms with E-state index in [0.29, 0.717) is 20.5 Å². The van der Waals surface area contributed by atoms with Crippen LogP contribution in [0.2, 0.25) is 0 Å². The molecule has 0 saturated carbocycles. The van der Waals surface area contributed by atoms with E-state index in [9.17, 15) is 8.78 Å². The quantitative estimate of drug-likeness (QED) is 0.301. The maximum atomic E-state index is 13.2. The summed E-state index contributed by atoms with van der Waals surface area (Å²) in [6.45, 7) is 0. The topological polar surface area (TPSA) is 54.5 Å². The highest BCUT2D eigenvalue weighted by Gasteiger charge is 2.17. The van der Waals surface area contributed by atoms with Gasteiger partial charge < -0.3 is 5.73 Å². The summed E-state index contributed by atoms with van der Waals surface area (Å²) in [6, 6.07) is 11.4. The van der Waals surface area contributed by atoms with Crippen molar-refractivity contribution in [3.63, 3.8) is 0 Å². The Hall–Kier alpha value is -2.23. The van der Waals surface area contributed by atoms with Gasteiger partial charge in [0.25, 0.3) is 0 Å². The Bertz CT molecular complexity index is 917. The van der Waals surface area contributed by atoms with Crippen molar-refractivity contribution >= 4 is 55.4 Å². The van der Waals surface area contributed by atoms with Crippen LogP contribution in [0, 0.1) is 15.6 Å². The van der Waals surface area contributed by atoms with Crippen LogP contribution >= 0.6 is 32.9 Å². The summed E-state index contributed by atoms with van der Waals surface area (Å²) in [5.74, 6) is -0.608. The first-order valence-electron chi connectivity index (χ1n) is 6.65. The van der Waals surface area contributed by atoms with Gasteiger partial charge in [-0.05, 0) is 81.4 Å². The summed E-state index contributed by atoms with van der Waals surface area (Å²) < 4.78 is 26.7. The Labute approximate surface area is 148 Å². The lowest BCUT2D eigenvalue weighted by Crippen LogP contribution is -2.33. The molecule has 24 heavy (non-hydrogen) atoms. The number of aliphatic imine (C=N–C) groups is 1. The molecule has 1 aromatic heterocycles. The average Bonchev–Trinajstić information content (AvgIpc) is 2.98. The fraction of sp³-hybridized carbons (Fsp3) is 0. The number of halogens is 2. The van der Waals surface area contributed by atoms with Gasteiger partial charge >= 0.3 is 0 Å². The van der Waals surface area contributed by atoms with Gasteiger partial charge in [0.2, 0.25) is 11.1 Å². The second-order valence-corrected chi connectivity index (χ2v) is 7.32. The predicted octanol–water partition coefficient (Wildman–Crippen LogP) is 5.00. The molecule has 0 aliphatic carbocycles. The Morgan fingerprint density at radius 2 is 1.58 bits per heavy atom. The third-order valence-electron chi connectivity index (χ3n) is 2.95. The molecule has 0 radical (unpaired) electrons.